The summed E-state index contributed by atoms with van der Waals surface area (Å²) in [6.45, 7) is 0.626. The van der Waals surface area contributed by atoms with Gasteiger partial charge < -0.3 is 21.7 Å². The van der Waals surface area contributed by atoms with Gasteiger partial charge in [0.05, 0.1) is 0 Å². The van der Waals surface area contributed by atoms with Crippen LogP contribution in [0.15, 0.2) is 30.6 Å². The van der Waals surface area contributed by atoms with Gasteiger partial charge in [-0.05, 0) is 0 Å². The zero-order valence-corrected chi connectivity index (χ0v) is 7.41. The number of rotatable bonds is 2. The summed E-state index contributed by atoms with van der Waals surface area (Å²) in [4.78, 5) is 0. The fourth-order valence-corrected chi connectivity index (χ4v) is 0.669. The molecule has 1 heterocycles. The van der Waals surface area contributed by atoms with Crippen molar-refractivity contribution in [3.05, 3.63) is 30.6 Å². The predicted octanol–water partition coefficient (Wildman–Crippen LogP) is -2.42. The molecule has 1 rings (SSSR count). The van der Waals surface area contributed by atoms with Crippen LogP contribution in [0.4, 0.5) is 0 Å². The van der Waals surface area contributed by atoms with Gasteiger partial charge in [-0.2, -0.15) is 4.57 Å². The summed E-state index contributed by atoms with van der Waals surface area (Å²) in [5.41, 5.74) is 0. The van der Waals surface area contributed by atoms with Crippen LogP contribution >= 0.6 is 0 Å². The van der Waals surface area contributed by atoms with Crippen molar-refractivity contribution in [3.8, 4) is 0 Å². The van der Waals surface area contributed by atoms with E-state index in [9.17, 15) is 0 Å². The third-order valence-corrected chi connectivity index (χ3v) is 1.06. The molecule has 0 atom stereocenters. The summed E-state index contributed by atoms with van der Waals surface area (Å²) in [7, 11) is 1.68. The molecule has 1 aromatic heterocycles. The number of hydrogen-bond donors (Lipinski definition) is 0. The zero-order valence-electron chi connectivity index (χ0n) is 5.83. The third-order valence-electron chi connectivity index (χ3n) is 1.06. The minimum Gasteiger partial charge on any atom is -1.00 e. The lowest BCUT2D eigenvalue weighted by Crippen LogP contribution is -3.00. The number of nitrogens with zero attached hydrogens (tertiary/aromatic N) is 1. The number of halogens is 1. The number of methoxy groups -OCH3 is 1. The van der Waals surface area contributed by atoms with Crippen molar-refractivity contribution in [2.75, 3.05) is 7.11 Å². The fourth-order valence-electron chi connectivity index (χ4n) is 0.669. The van der Waals surface area contributed by atoms with E-state index >= 15 is 0 Å². The molecule has 0 aliphatic carbocycles. The quantitative estimate of drug-likeness (QED) is 0.489. The van der Waals surface area contributed by atoms with Crippen molar-refractivity contribution >= 4 is 0 Å². The van der Waals surface area contributed by atoms with E-state index < -0.39 is 0 Å². The van der Waals surface area contributed by atoms with Crippen molar-refractivity contribution in [2.24, 2.45) is 0 Å². The first-order valence-corrected chi connectivity index (χ1v) is 2.86. The van der Waals surface area contributed by atoms with Crippen molar-refractivity contribution in [1.29, 1.82) is 0 Å². The fraction of sp³-hybridized carbons (Fsp3) is 0.286. The van der Waals surface area contributed by atoms with E-state index in [0.717, 1.165) is 0 Å². The maximum atomic E-state index is 4.89. The lowest BCUT2D eigenvalue weighted by Gasteiger charge is -1.90. The van der Waals surface area contributed by atoms with Crippen LogP contribution in [0.5, 0.6) is 0 Å². The maximum Gasteiger partial charge on any atom is 0.252 e. The van der Waals surface area contributed by atoms with Gasteiger partial charge in [-0.15, -0.1) is 0 Å². The summed E-state index contributed by atoms with van der Waals surface area (Å²) < 4.78 is 6.85. The standard InChI is InChI=1S/C7H10NO.BrH/c1-9-7-8-5-3-2-4-6-8;/h2-6H,7H2,1H3;1H/q+1;/p-1. The van der Waals surface area contributed by atoms with E-state index in [0.29, 0.717) is 6.73 Å². The first kappa shape index (κ1) is 9.59. The van der Waals surface area contributed by atoms with Crippen molar-refractivity contribution < 1.29 is 26.3 Å². The molecule has 0 fully saturated rings. The lowest BCUT2D eigenvalue weighted by atomic mass is 10.5. The summed E-state index contributed by atoms with van der Waals surface area (Å²) >= 11 is 0. The van der Waals surface area contributed by atoms with Gasteiger partial charge in [-0.1, -0.05) is 6.07 Å². The summed E-state index contributed by atoms with van der Waals surface area (Å²) in [6, 6.07) is 5.92. The van der Waals surface area contributed by atoms with E-state index in [-0.39, 0.29) is 17.0 Å². The second kappa shape index (κ2) is 5.38. The van der Waals surface area contributed by atoms with Gasteiger partial charge >= 0.3 is 0 Å². The highest BCUT2D eigenvalue weighted by Crippen LogP contribution is 1.75. The van der Waals surface area contributed by atoms with Gasteiger partial charge in [-0.25, -0.2) is 0 Å². The number of aromatic nitrogens is 1. The SMILES string of the molecule is COC[n+]1ccccc1.[Br-]. The van der Waals surface area contributed by atoms with Gasteiger partial charge in [-0.3, -0.25) is 0 Å². The molecule has 0 saturated carbocycles. The van der Waals surface area contributed by atoms with Gasteiger partial charge in [0.1, 0.15) is 0 Å². The summed E-state index contributed by atoms with van der Waals surface area (Å²) in [5, 5.41) is 0. The molecule has 0 aliphatic rings. The maximum absolute atomic E-state index is 4.89. The highest BCUT2D eigenvalue weighted by molar-refractivity contribution is 4.83. The average Bonchev–Trinajstić information content (AvgIpc) is 1.91. The Morgan fingerprint density at radius 3 is 2.30 bits per heavy atom. The average molecular weight is 204 g/mol. The molecular formula is C7H10BrNO. The Hall–Kier alpha value is -0.410. The van der Waals surface area contributed by atoms with Crippen LogP contribution in [0.3, 0.4) is 0 Å². The van der Waals surface area contributed by atoms with Gasteiger partial charge in [0.2, 0.25) is 0 Å². The Morgan fingerprint density at radius 1 is 1.20 bits per heavy atom. The monoisotopic (exact) mass is 203 g/mol. The number of ether oxygens (including phenoxy) is 1. The third kappa shape index (κ3) is 2.94. The molecule has 0 bridgehead atoms. The first-order valence-electron chi connectivity index (χ1n) is 2.86. The van der Waals surface area contributed by atoms with Gasteiger partial charge in [0.15, 0.2) is 12.4 Å². The lowest BCUT2D eigenvalue weighted by molar-refractivity contribution is -0.731. The number of hydrogen-bond acceptors (Lipinski definition) is 1. The van der Waals surface area contributed by atoms with E-state index in [4.69, 9.17) is 4.74 Å². The smallest absolute Gasteiger partial charge is 0.252 e. The Kier molecular flexibility index (Phi) is 5.16. The Labute approximate surface area is 71.2 Å². The zero-order chi connectivity index (χ0) is 6.53. The molecule has 56 valence electrons. The first-order chi connectivity index (χ1) is 4.43. The summed E-state index contributed by atoms with van der Waals surface area (Å²) in [5.74, 6) is 0. The van der Waals surface area contributed by atoms with E-state index in [1.54, 1.807) is 7.11 Å². The topological polar surface area (TPSA) is 13.1 Å². The molecule has 0 N–H and O–H groups in total. The van der Waals surface area contributed by atoms with E-state index in [1.165, 1.54) is 0 Å². The molecule has 2 nitrogen and oxygen atoms in total. The van der Waals surface area contributed by atoms with Crippen molar-refractivity contribution in [1.82, 2.24) is 0 Å². The highest BCUT2D eigenvalue weighted by Gasteiger charge is 1.90. The Balaban J connectivity index is 0.000000810. The van der Waals surface area contributed by atoms with Crippen LogP contribution in [0.2, 0.25) is 0 Å². The molecule has 0 saturated heterocycles. The minimum atomic E-state index is 0. The molecule has 0 spiro atoms. The van der Waals surface area contributed by atoms with Crippen LogP contribution in [-0.2, 0) is 11.5 Å². The Bertz CT molecular complexity index is 167. The van der Waals surface area contributed by atoms with Gasteiger partial charge in [0, 0.05) is 19.2 Å². The van der Waals surface area contributed by atoms with E-state index in [1.807, 2.05) is 35.2 Å². The number of pyridine rings is 1. The molecule has 1 aromatic rings. The molecular weight excluding hydrogens is 194 g/mol. The molecule has 0 unspecified atom stereocenters. The minimum absolute atomic E-state index is 0. The van der Waals surface area contributed by atoms with Crippen LogP contribution in [0.1, 0.15) is 0 Å². The van der Waals surface area contributed by atoms with Gasteiger partial charge in [0.25, 0.3) is 6.73 Å². The van der Waals surface area contributed by atoms with Crippen molar-refractivity contribution in [2.45, 2.75) is 6.73 Å². The molecule has 3 heteroatoms. The highest BCUT2D eigenvalue weighted by atomic mass is 79.9. The molecule has 0 radical (unpaired) electrons. The normalized spacial score (nSPS) is 8.50. The predicted molar refractivity (Wildman–Crippen MR) is 33.6 cm³/mol. The molecule has 0 aromatic carbocycles. The molecule has 0 aliphatic heterocycles. The molecule has 0 amide bonds. The largest absolute Gasteiger partial charge is 1.00 e. The van der Waals surface area contributed by atoms with Crippen LogP contribution in [0, 0.1) is 0 Å². The Morgan fingerprint density at radius 2 is 1.80 bits per heavy atom. The van der Waals surface area contributed by atoms with E-state index in [2.05, 4.69) is 0 Å². The second-order valence-electron chi connectivity index (χ2n) is 1.81. The van der Waals surface area contributed by atoms with Crippen LogP contribution in [-0.4, -0.2) is 7.11 Å². The summed E-state index contributed by atoms with van der Waals surface area (Å²) in [6.07, 6.45) is 3.92. The van der Waals surface area contributed by atoms with Crippen LogP contribution < -0.4 is 21.5 Å². The van der Waals surface area contributed by atoms with Crippen molar-refractivity contribution in [3.63, 3.8) is 0 Å². The second-order valence-corrected chi connectivity index (χ2v) is 1.81. The van der Waals surface area contributed by atoms with Crippen LogP contribution in [0.25, 0.3) is 0 Å². The molecule has 10 heavy (non-hydrogen) atoms.